The molecule has 2 rings (SSSR count). The molecule has 0 N–H and O–H groups in total. The van der Waals surface area contributed by atoms with Crippen LogP contribution in [0, 0.1) is 0 Å². The van der Waals surface area contributed by atoms with Gasteiger partial charge in [0.2, 0.25) is 0 Å². The van der Waals surface area contributed by atoms with E-state index >= 15 is 0 Å². The third-order valence-corrected chi connectivity index (χ3v) is 8.70. The van der Waals surface area contributed by atoms with Gasteiger partial charge >= 0.3 is 0 Å². The van der Waals surface area contributed by atoms with Gasteiger partial charge in [-0.15, -0.1) is 0 Å². The van der Waals surface area contributed by atoms with Gasteiger partial charge < -0.3 is 0 Å². The van der Waals surface area contributed by atoms with E-state index < -0.39 is 8.07 Å². The summed E-state index contributed by atoms with van der Waals surface area (Å²) in [4.78, 5) is 0. The van der Waals surface area contributed by atoms with Crippen LogP contribution in [0.1, 0.15) is 25.8 Å². The van der Waals surface area contributed by atoms with E-state index in [1.807, 2.05) is 0 Å². The van der Waals surface area contributed by atoms with Gasteiger partial charge in [-0.25, -0.2) is 0 Å². The summed E-state index contributed by atoms with van der Waals surface area (Å²) < 4.78 is 0. The van der Waals surface area contributed by atoms with Crippen LogP contribution in [0.5, 0.6) is 0 Å². The molecule has 0 aliphatic rings. The maximum Gasteiger partial charge on any atom is 0.0873 e. The highest BCUT2D eigenvalue weighted by molar-refractivity contribution is 6.91. The molecule has 2 aromatic rings. The molecule has 0 saturated carbocycles. The van der Waals surface area contributed by atoms with E-state index in [4.69, 9.17) is 0 Å². The molecule has 0 aliphatic carbocycles. The summed E-state index contributed by atoms with van der Waals surface area (Å²) >= 11 is 0. The van der Waals surface area contributed by atoms with Crippen LogP contribution >= 0.6 is 0 Å². The molecule has 0 radical (unpaired) electrons. The Bertz CT molecular complexity index is 592. The van der Waals surface area contributed by atoms with E-state index in [1.54, 1.807) is 5.19 Å². The van der Waals surface area contributed by atoms with E-state index in [1.165, 1.54) is 24.0 Å². The minimum atomic E-state index is -1.50. The monoisotopic (exact) mass is 308 g/mol. The minimum Gasteiger partial charge on any atom is -0.0851 e. The molecule has 0 aromatic heterocycles. The van der Waals surface area contributed by atoms with Gasteiger partial charge in [-0.05, 0) is 37.8 Å². The Hall–Kier alpha value is -1.60. The topological polar surface area (TPSA) is 0 Å². The van der Waals surface area contributed by atoms with Gasteiger partial charge in [-0.1, -0.05) is 90.6 Å². The highest BCUT2D eigenvalue weighted by atomic mass is 28.3. The van der Waals surface area contributed by atoms with E-state index in [2.05, 4.69) is 93.7 Å². The van der Waals surface area contributed by atoms with Crippen LogP contribution in [-0.2, 0) is 6.42 Å². The lowest BCUT2D eigenvalue weighted by Gasteiger charge is -2.32. The SMILES string of the molecule is CC(C)=CC(CCc1ccccc1)[Si](C)(C)c1ccccc1. The fourth-order valence-corrected chi connectivity index (χ4v) is 6.20. The van der Waals surface area contributed by atoms with Crippen LogP contribution in [0.4, 0.5) is 0 Å². The summed E-state index contributed by atoms with van der Waals surface area (Å²) in [5, 5.41) is 1.56. The molecule has 0 saturated heterocycles. The molecule has 0 heterocycles. The van der Waals surface area contributed by atoms with E-state index in [0.29, 0.717) is 5.54 Å². The molecule has 0 bridgehead atoms. The first kappa shape index (κ1) is 16.8. The lowest BCUT2D eigenvalue weighted by Crippen LogP contribution is -2.45. The van der Waals surface area contributed by atoms with Crippen LogP contribution < -0.4 is 5.19 Å². The van der Waals surface area contributed by atoms with Crippen molar-refractivity contribution in [3.63, 3.8) is 0 Å². The Balaban J connectivity index is 2.20. The predicted octanol–water partition coefficient (Wildman–Crippen LogP) is 5.57. The Morgan fingerprint density at radius 1 is 0.909 bits per heavy atom. The number of aryl methyl sites for hydroxylation is 1. The number of hydrogen-bond donors (Lipinski definition) is 0. The smallest absolute Gasteiger partial charge is 0.0851 e. The van der Waals surface area contributed by atoms with Gasteiger partial charge in [0.25, 0.3) is 0 Å². The van der Waals surface area contributed by atoms with Crippen molar-refractivity contribution in [3.8, 4) is 0 Å². The van der Waals surface area contributed by atoms with E-state index in [-0.39, 0.29) is 0 Å². The maximum atomic E-state index is 2.52. The van der Waals surface area contributed by atoms with Gasteiger partial charge in [0, 0.05) is 0 Å². The lowest BCUT2D eigenvalue weighted by molar-refractivity contribution is 0.814. The highest BCUT2D eigenvalue weighted by Gasteiger charge is 2.31. The minimum absolute atomic E-state index is 0.681. The third-order valence-electron chi connectivity index (χ3n) is 4.57. The number of benzene rings is 2. The molecule has 1 unspecified atom stereocenters. The van der Waals surface area contributed by atoms with Crippen molar-refractivity contribution < 1.29 is 0 Å². The van der Waals surface area contributed by atoms with E-state index in [0.717, 1.165) is 0 Å². The quantitative estimate of drug-likeness (QED) is 0.483. The molecule has 0 spiro atoms. The fourth-order valence-electron chi connectivity index (χ4n) is 3.10. The number of rotatable bonds is 6. The fraction of sp³-hybridized carbons (Fsp3) is 0.333. The molecule has 22 heavy (non-hydrogen) atoms. The molecule has 0 nitrogen and oxygen atoms in total. The van der Waals surface area contributed by atoms with Crippen LogP contribution in [0.2, 0.25) is 18.6 Å². The first-order chi connectivity index (χ1) is 10.5. The molecule has 116 valence electrons. The van der Waals surface area contributed by atoms with Crippen molar-refractivity contribution in [1.29, 1.82) is 0 Å². The second kappa shape index (κ2) is 7.60. The second-order valence-electron chi connectivity index (χ2n) is 6.96. The van der Waals surface area contributed by atoms with Gasteiger partial charge in [0.15, 0.2) is 0 Å². The second-order valence-corrected chi connectivity index (χ2v) is 11.7. The van der Waals surface area contributed by atoms with Crippen molar-refractivity contribution in [2.75, 3.05) is 0 Å². The molecule has 0 amide bonds. The summed E-state index contributed by atoms with van der Waals surface area (Å²) in [6.07, 6.45) is 4.92. The molecule has 0 fully saturated rings. The van der Waals surface area contributed by atoms with Gasteiger partial charge in [0.1, 0.15) is 0 Å². The van der Waals surface area contributed by atoms with Gasteiger partial charge in [-0.2, -0.15) is 0 Å². The Kier molecular flexibility index (Phi) is 5.79. The maximum absolute atomic E-state index is 2.52. The van der Waals surface area contributed by atoms with Crippen molar-refractivity contribution in [3.05, 3.63) is 77.9 Å². The Morgan fingerprint density at radius 2 is 1.45 bits per heavy atom. The third kappa shape index (κ3) is 4.44. The van der Waals surface area contributed by atoms with Crippen LogP contribution in [0.3, 0.4) is 0 Å². The average Bonchev–Trinajstić information content (AvgIpc) is 2.53. The molecule has 1 heteroatoms. The zero-order chi connectivity index (χ0) is 16.0. The Labute approximate surface area is 136 Å². The Morgan fingerprint density at radius 3 is 2.00 bits per heavy atom. The summed E-state index contributed by atoms with van der Waals surface area (Å²) in [7, 11) is -1.50. The van der Waals surface area contributed by atoms with Crippen molar-refractivity contribution >= 4 is 13.3 Å². The molecule has 1 atom stereocenters. The largest absolute Gasteiger partial charge is 0.0873 e. The van der Waals surface area contributed by atoms with E-state index in [9.17, 15) is 0 Å². The summed E-state index contributed by atoms with van der Waals surface area (Å²) in [5.74, 6) is 0. The van der Waals surface area contributed by atoms with Crippen molar-refractivity contribution in [2.45, 2.75) is 45.3 Å². The van der Waals surface area contributed by atoms with Gasteiger partial charge in [0.05, 0.1) is 8.07 Å². The molecule has 2 aromatic carbocycles. The average molecular weight is 309 g/mol. The summed E-state index contributed by atoms with van der Waals surface area (Å²) in [6, 6.07) is 22.0. The zero-order valence-electron chi connectivity index (χ0n) is 14.3. The van der Waals surface area contributed by atoms with Crippen LogP contribution in [0.25, 0.3) is 0 Å². The van der Waals surface area contributed by atoms with Crippen molar-refractivity contribution in [1.82, 2.24) is 0 Å². The summed E-state index contributed by atoms with van der Waals surface area (Å²) in [5.41, 5.74) is 3.57. The van der Waals surface area contributed by atoms with Crippen molar-refractivity contribution in [2.24, 2.45) is 0 Å². The number of hydrogen-bond acceptors (Lipinski definition) is 0. The normalized spacial score (nSPS) is 12.7. The molecular formula is C21H28Si. The van der Waals surface area contributed by atoms with Gasteiger partial charge in [-0.3, -0.25) is 0 Å². The summed E-state index contributed by atoms with van der Waals surface area (Å²) in [6.45, 7) is 9.48. The zero-order valence-corrected chi connectivity index (χ0v) is 15.3. The lowest BCUT2D eigenvalue weighted by atomic mass is 10.1. The molecule has 0 aliphatic heterocycles. The molecular weight excluding hydrogens is 280 g/mol. The first-order valence-electron chi connectivity index (χ1n) is 8.24. The first-order valence-corrected chi connectivity index (χ1v) is 11.3. The van der Waals surface area contributed by atoms with Crippen LogP contribution in [0.15, 0.2) is 72.3 Å². The predicted molar refractivity (Wildman–Crippen MR) is 102 cm³/mol. The van der Waals surface area contributed by atoms with Crippen LogP contribution in [-0.4, -0.2) is 8.07 Å². The standard InChI is InChI=1S/C21H28Si/c1-18(2)17-21(16-15-19-11-7-5-8-12-19)22(3,4)20-13-9-6-10-14-20/h5-14,17,21H,15-16H2,1-4H3. The number of allylic oxidation sites excluding steroid dienone is 2. The highest BCUT2D eigenvalue weighted by Crippen LogP contribution is 2.30.